The molecule has 0 bridgehead atoms. The van der Waals surface area contributed by atoms with Crippen LogP contribution in [0.5, 0.6) is 0 Å². The van der Waals surface area contributed by atoms with Gasteiger partial charge in [0.2, 0.25) is 0 Å². The molecule has 0 unspecified atom stereocenters. The summed E-state index contributed by atoms with van der Waals surface area (Å²) >= 11 is 0. The Morgan fingerprint density at radius 2 is 1.94 bits per heavy atom. The topological polar surface area (TPSA) is 49.3 Å². The molecule has 1 aromatic heterocycles. The highest BCUT2D eigenvalue weighted by atomic mass is 16.2. The monoisotopic (exact) mass is 248 g/mol. The molecule has 0 atom stereocenters. The highest BCUT2D eigenvalue weighted by molar-refractivity contribution is 5.95. The van der Waals surface area contributed by atoms with Crippen molar-refractivity contribution in [3.8, 4) is 0 Å². The number of carbonyl (C=O) groups is 1. The van der Waals surface area contributed by atoms with Gasteiger partial charge in [-0.15, -0.1) is 0 Å². The zero-order valence-corrected chi connectivity index (χ0v) is 11.3. The van der Waals surface area contributed by atoms with Crippen molar-refractivity contribution in [2.45, 2.75) is 20.3 Å². The normalized spacial score (nSPS) is 16.9. The van der Waals surface area contributed by atoms with Gasteiger partial charge in [-0.1, -0.05) is 6.92 Å². The number of aromatic nitrogens is 2. The van der Waals surface area contributed by atoms with E-state index < -0.39 is 0 Å². The maximum Gasteiger partial charge on any atom is 0.255 e. The number of aryl methyl sites for hydroxylation is 2. The minimum absolute atomic E-state index is 0.0953. The minimum atomic E-state index is 0.0953. The zero-order valence-electron chi connectivity index (χ0n) is 11.3. The van der Waals surface area contributed by atoms with E-state index in [0.717, 1.165) is 49.6 Å². The highest BCUT2D eigenvalue weighted by Gasteiger charge is 2.22. The van der Waals surface area contributed by atoms with Crippen molar-refractivity contribution in [2.24, 2.45) is 0 Å². The van der Waals surface area contributed by atoms with Gasteiger partial charge in [0.15, 0.2) is 0 Å². The molecule has 0 N–H and O–H groups in total. The van der Waals surface area contributed by atoms with E-state index in [2.05, 4.69) is 22.1 Å². The quantitative estimate of drug-likeness (QED) is 0.774. The zero-order chi connectivity index (χ0) is 13.1. The van der Waals surface area contributed by atoms with Crippen molar-refractivity contribution < 1.29 is 4.79 Å². The van der Waals surface area contributed by atoms with Gasteiger partial charge in [0, 0.05) is 26.2 Å². The van der Waals surface area contributed by atoms with Crippen LogP contribution >= 0.6 is 0 Å². The predicted molar refractivity (Wildman–Crippen MR) is 69.5 cm³/mol. The van der Waals surface area contributed by atoms with E-state index >= 15 is 0 Å². The molecule has 1 aliphatic rings. The number of hydrogen-bond donors (Lipinski definition) is 0. The summed E-state index contributed by atoms with van der Waals surface area (Å²) in [6.07, 6.45) is 0.738. The highest BCUT2D eigenvalue weighted by Crippen LogP contribution is 2.12. The number of amides is 1. The second-order valence-electron chi connectivity index (χ2n) is 4.80. The predicted octanol–water partition coefficient (Wildman–Crippen LogP) is 0.735. The summed E-state index contributed by atoms with van der Waals surface area (Å²) in [6, 6.07) is 1.85. The standard InChI is InChI=1S/C13H20N4O/c1-4-12-11(9-10(2)14-15-12)13(18)17-7-5-16(3)6-8-17/h9H,4-8H2,1-3H3. The van der Waals surface area contributed by atoms with Gasteiger partial charge in [0.1, 0.15) is 0 Å². The van der Waals surface area contributed by atoms with Crippen LogP contribution in [-0.4, -0.2) is 59.1 Å². The average Bonchev–Trinajstić information content (AvgIpc) is 2.39. The van der Waals surface area contributed by atoms with Gasteiger partial charge in [0.25, 0.3) is 5.91 Å². The fourth-order valence-corrected chi connectivity index (χ4v) is 2.14. The van der Waals surface area contributed by atoms with Gasteiger partial charge < -0.3 is 9.80 Å². The average molecular weight is 248 g/mol. The first kappa shape index (κ1) is 13.0. The number of nitrogens with zero attached hydrogens (tertiary/aromatic N) is 4. The molecule has 1 amide bonds. The van der Waals surface area contributed by atoms with Crippen LogP contribution in [0.2, 0.25) is 0 Å². The van der Waals surface area contributed by atoms with Crippen molar-refractivity contribution in [1.82, 2.24) is 20.0 Å². The second kappa shape index (κ2) is 5.44. The minimum Gasteiger partial charge on any atom is -0.336 e. The molecule has 98 valence electrons. The molecule has 0 radical (unpaired) electrons. The molecule has 0 aliphatic carbocycles. The molecule has 1 aromatic rings. The van der Waals surface area contributed by atoms with E-state index in [-0.39, 0.29) is 5.91 Å². The molecule has 5 nitrogen and oxygen atoms in total. The second-order valence-corrected chi connectivity index (χ2v) is 4.80. The molecular formula is C13H20N4O. The lowest BCUT2D eigenvalue weighted by Gasteiger charge is -2.32. The van der Waals surface area contributed by atoms with Crippen LogP contribution in [0.15, 0.2) is 6.07 Å². The van der Waals surface area contributed by atoms with Crippen molar-refractivity contribution in [2.75, 3.05) is 33.2 Å². The summed E-state index contributed by atoms with van der Waals surface area (Å²) < 4.78 is 0. The Kier molecular flexibility index (Phi) is 3.91. The third kappa shape index (κ3) is 2.67. The lowest BCUT2D eigenvalue weighted by Crippen LogP contribution is -2.47. The van der Waals surface area contributed by atoms with Crippen molar-refractivity contribution in [3.63, 3.8) is 0 Å². The number of piperazine rings is 1. The molecule has 2 heterocycles. The first-order valence-corrected chi connectivity index (χ1v) is 6.43. The van der Waals surface area contributed by atoms with Gasteiger partial charge in [-0.2, -0.15) is 10.2 Å². The summed E-state index contributed by atoms with van der Waals surface area (Å²) in [5, 5.41) is 8.14. The number of likely N-dealkylation sites (N-methyl/N-ethyl adjacent to an activating group) is 1. The first-order valence-electron chi connectivity index (χ1n) is 6.43. The van der Waals surface area contributed by atoms with Crippen LogP contribution in [0.1, 0.15) is 28.7 Å². The molecule has 2 rings (SSSR count). The molecule has 5 heteroatoms. The van der Waals surface area contributed by atoms with Crippen LogP contribution in [-0.2, 0) is 6.42 Å². The Hall–Kier alpha value is -1.49. The van der Waals surface area contributed by atoms with Crippen LogP contribution in [0, 0.1) is 6.92 Å². The van der Waals surface area contributed by atoms with E-state index in [1.807, 2.05) is 24.8 Å². The Morgan fingerprint density at radius 1 is 1.28 bits per heavy atom. The van der Waals surface area contributed by atoms with Crippen molar-refractivity contribution in [1.29, 1.82) is 0 Å². The van der Waals surface area contributed by atoms with Gasteiger partial charge >= 0.3 is 0 Å². The third-order valence-corrected chi connectivity index (χ3v) is 3.35. The third-order valence-electron chi connectivity index (χ3n) is 3.35. The number of rotatable bonds is 2. The lowest BCUT2D eigenvalue weighted by molar-refractivity contribution is 0.0662. The van der Waals surface area contributed by atoms with Gasteiger partial charge in [0.05, 0.1) is 17.0 Å². The van der Waals surface area contributed by atoms with Crippen molar-refractivity contribution >= 4 is 5.91 Å². The number of carbonyl (C=O) groups excluding carboxylic acids is 1. The van der Waals surface area contributed by atoms with Crippen LogP contribution in [0.25, 0.3) is 0 Å². The smallest absolute Gasteiger partial charge is 0.255 e. The summed E-state index contributed by atoms with van der Waals surface area (Å²) in [5.74, 6) is 0.0953. The van der Waals surface area contributed by atoms with E-state index in [1.54, 1.807) is 0 Å². The van der Waals surface area contributed by atoms with Crippen LogP contribution in [0.4, 0.5) is 0 Å². The molecule has 1 fully saturated rings. The SMILES string of the molecule is CCc1nnc(C)cc1C(=O)N1CCN(C)CC1. The Morgan fingerprint density at radius 3 is 2.56 bits per heavy atom. The molecule has 1 aliphatic heterocycles. The summed E-state index contributed by atoms with van der Waals surface area (Å²) in [6.45, 7) is 7.32. The van der Waals surface area contributed by atoms with E-state index in [4.69, 9.17) is 0 Å². The number of hydrogen-bond acceptors (Lipinski definition) is 4. The van der Waals surface area contributed by atoms with Crippen LogP contribution < -0.4 is 0 Å². The molecule has 1 saturated heterocycles. The van der Waals surface area contributed by atoms with Gasteiger partial charge in [-0.25, -0.2) is 0 Å². The summed E-state index contributed by atoms with van der Waals surface area (Å²) in [4.78, 5) is 16.6. The lowest BCUT2D eigenvalue weighted by atomic mass is 10.1. The van der Waals surface area contributed by atoms with Gasteiger partial charge in [-0.05, 0) is 26.5 Å². The molecule has 0 spiro atoms. The van der Waals surface area contributed by atoms with E-state index in [9.17, 15) is 4.79 Å². The Labute approximate surface area is 108 Å². The van der Waals surface area contributed by atoms with E-state index in [1.165, 1.54) is 0 Å². The molecule has 0 saturated carbocycles. The van der Waals surface area contributed by atoms with Crippen LogP contribution in [0.3, 0.4) is 0 Å². The molecular weight excluding hydrogens is 228 g/mol. The fourth-order valence-electron chi connectivity index (χ4n) is 2.14. The first-order chi connectivity index (χ1) is 8.61. The van der Waals surface area contributed by atoms with E-state index in [0.29, 0.717) is 0 Å². The largest absolute Gasteiger partial charge is 0.336 e. The maximum absolute atomic E-state index is 12.5. The van der Waals surface area contributed by atoms with Crippen molar-refractivity contribution in [3.05, 3.63) is 23.0 Å². The fraction of sp³-hybridized carbons (Fsp3) is 0.615. The molecule has 18 heavy (non-hydrogen) atoms. The van der Waals surface area contributed by atoms with Gasteiger partial charge in [-0.3, -0.25) is 4.79 Å². The maximum atomic E-state index is 12.5. The molecule has 0 aromatic carbocycles. The Balaban J connectivity index is 2.20. The Bertz CT molecular complexity index is 439. The summed E-state index contributed by atoms with van der Waals surface area (Å²) in [5.41, 5.74) is 2.31. The summed E-state index contributed by atoms with van der Waals surface area (Å²) in [7, 11) is 2.08.